The number of methoxy groups -OCH3 is 1. The average molecular weight is 466 g/mol. The molecule has 3 rings (SSSR count). The Balaban J connectivity index is 2.20. The lowest BCUT2D eigenvalue weighted by atomic mass is 9.58. The van der Waals surface area contributed by atoms with Crippen LogP contribution in [-0.2, 0) is 25.4 Å². The van der Waals surface area contributed by atoms with E-state index in [-0.39, 0.29) is 5.41 Å². The number of hydrogen-bond acceptors (Lipinski definition) is 4. The topological polar surface area (TPSA) is 36.9 Å². The Bertz CT molecular complexity index is 901. The lowest BCUT2D eigenvalue weighted by Gasteiger charge is -2.46. The van der Waals surface area contributed by atoms with Gasteiger partial charge in [-0.3, -0.25) is 0 Å². The van der Waals surface area contributed by atoms with E-state index in [1.54, 1.807) is 19.2 Å². The highest BCUT2D eigenvalue weighted by Gasteiger charge is 2.55. The van der Waals surface area contributed by atoms with Crippen molar-refractivity contribution in [2.24, 2.45) is 5.41 Å². The van der Waals surface area contributed by atoms with E-state index in [2.05, 4.69) is 0 Å². The van der Waals surface area contributed by atoms with Crippen LogP contribution in [0.5, 0.6) is 5.75 Å². The second-order valence-corrected chi connectivity index (χ2v) is 14.3. The molecule has 2 aromatic carbocycles. The SMILES string of the molecule is COc1ccc(C(O[Si](C)(C)C)(B2OCC(C)(C)CO2)c2ccc(C(F)(F)F)cc2)cc1. The van der Waals surface area contributed by atoms with Gasteiger partial charge < -0.3 is 18.5 Å². The third-order valence-corrected chi connectivity index (χ3v) is 6.14. The number of benzene rings is 2. The lowest BCUT2D eigenvalue weighted by Crippen LogP contribution is -2.58. The fourth-order valence-corrected chi connectivity index (χ4v) is 5.06. The Morgan fingerprint density at radius 1 is 0.844 bits per heavy atom. The Morgan fingerprint density at radius 2 is 1.28 bits per heavy atom. The van der Waals surface area contributed by atoms with Crippen LogP contribution in [0.1, 0.15) is 30.5 Å². The second-order valence-electron chi connectivity index (χ2n) is 9.87. The molecular formula is C23H30BF3O4Si. The van der Waals surface area contributed by atoms with Crippen molar-refractivity contribution in [3.05, 3.63) is 65.2 Å². The van der Waals surface area contributed by atoms with Crippen LogP contribution in [0.15, 0.2) is 48.5 Å². The first-order chi connectivity index (χ1) is 14.8. The maximum absolute atomic E-state index is 13.2. The summed E-state index contributed by atoms with van der Waals surface area (Å²) in [5.41, 5.74) is -0.865. The average Bonchev–Trinajstić information content (AvgIpc) is 2.71. The zero-order valence-corrected chi connectivity index (χ0v) is 20.4. The molecule has 1 atom stereocenters. The van der Waals surface area contributed by atoms with Gasteiger partial charge in [0.05, 0.1) is 12.7 Å². The van der Waals surface area contributed by atoms with Crippen molar-refractivity contribution in [2.75, 3.05) is 20.3 Å². The molecule has 2 aromatic rings. The summed E-state index contributed by atoms with van der Waals surface area (Å²) in [5.74, 6) is 0.662. The number of rotatable bonds is 6. The molecule has 174 valence electrons. The van der Waals surface area contributed by atoms with Gasteiger partial charge in [0.15, 0.2) is 8.32 Å². The van der Waals surface area contributed by atoms with Crippen LogP contribution in [0.2, 0.25) is 19.6 Å². The first-order valence-corrected chi connectivity index (χ1v) is 13.9. The number of hydrogen-bond donors (Lipinski definition) is 0. The summed E-state index contributed by atoms with van der Waals surface area (Å²) < 4.78 is 64.2. The molecule has 0 aromatic heterocycles. The van der Waals surface area contributed by atoms with Crippen molar-refractivity contribution < 1.29 is 31.6 Å². The maximum atomic E-state index is 13.2. The van der Waals surface area contributed by atoms with E-state index in [9.17, 15) is 13.2 Å². The molecule has 1 aliphatic heterocycles. The van der Waals surface area contributed by atoms with E-state index in [4.69, 9.17) is 18.5 Å². The van der Waals surface area contributed by atoms with Gasteiger partial charge in [0.2, 0.25) is 0 Å². The Labute approximate surface area is 189 Å². The molecule has 32 heavy (non-hydrogen) atoms. The monoisotopic (exact) mass is 466 g/mol. The van der Waals surface area contributed by atoms with Gasteiger partial charge in [-0.1, -0.05) is 38.1 Å². The van der Waals surface area contributed by atoms with E-state index < -0.39 is 32.7 Å². The van der Waals surface area contributed by atoms with Crippen LogP contribution in [0.3, 0.4) is 0 Å². The molecule has 0 N–H and O–H groups in total. The molecule has 0 bridgehead atoms. The molecule has 1 aliphatic rings. The number of halogens is 3. The largest absolute Gasteiger partial charge is 0.499 e. The quantitative estimate of drug-likeness (QED) is 0.496. The second kappa shape index (κ2) is 8.85. The van der Waals surface area contributed by atoms with Gasteiger partial charge in [0.1, 0.15) is 11.2 Å². The molecule has 1 fully saturated rings. The minimum atomic E-state index is -4.43. The normalized spacial score (nSPS) is 18.8. The third-order valence-electron chi connectivity index (χ3n) is 5.21. The molecule has 0 amide bonds. The summed E-state index contributed by atoms with van der Waals surface area (Å²) in [4.78, 5) is 0. The molecular weight excluding hydrogens is 436 g/mol. The highest BCUT2D eigenvalue weighted by atomic mass is 28.4. The van der Waals surface area contributed by atoms with Crippen LogP contribution < -0.4 is 4.74 Å². The fraction of sp³-hybridized carbons (Fsp3) is 0.478. The van der Waals surface area contributed by atoms with Crippen molar-refractivity contribution >= 4 is 15.4 Å². The maximum Gasteiger partial charge on any atom is 0.499 e. The summed E-state index contributed by atoms with van der Waals surface area (Å²) in [5, 5.41) is 0. The third kappa shape index (κ3) is 5.39. The fourth-order valence-electron chi connectivity index (χ4n) is 3.76. The van der Waals surface area contributed by atoms with Crippen molar-refractivity contribution in [2.45, 2.75) is 45.2 Å². The zero-order valence-electron chi connectivity index (χ0n) is 19.4. The van der Waals surface area contributed by atoms with E-state index in [1.165, 1.54) is 12.1 Å². The number of ether oxygens (including phenoxy) is 1. The van der Waals surface area contributed by atoms with E-state index >= 15 is 0 Å². The predicted octanol–water partition coefficient (Wildman–Crippen LogP) is 5.91. The minimum Gasteiger partial charge on any atom is -0.497 e. The highest BCUT2D eigenvalue weighted by molar-refractivity contribution is 6.70. The van der Waals surface area contributed by atoms with Gasteiger partial charge >= 0.3 is 13.3 Å². The highest BCUT2D eigenvalue weighted by Crippen LogP contribution is 2.43. The Hall–Kier alpha value is -1.81. The number of alkyl halides is 3. The minimum absolute atomic E-state index is 0.179. The van der Waals surface area contributed by atoms with Crippen LogP contribution in [-0.4, -0.2) is 35.8 Å². The molecule has 0 saturated carbocycles. The molecule has 9 heteroatoms. The summed E-state index contributed by atoms with van der Waals surface area (Å²) in [7, 11) is -1.51. The molecule has 1 saturated heterocycles. The van der Waals surface area contributed by atoms with Gasteiger partial charge in [-0.2, -0.15) is 13.2 Å². The van der Waals surface area contributed by atoms with Crippen molar-refractivity contribution in [1.29, 1.82) is 0 Å². The molecule has 1 unspecified atom stereocenters. The molecule has 0 radical (unpaired) electrons. The predicted molar refractivity (Wildman–Crippen MR) is 121 cm³/mol. The Kier molecular flexibility index (Phi) is 6.87. The Morgan fingerprint density at radius 3 is 1.69 bits per heavy atom. The summed E-state index contributed by atoms with van der Waals surface area (Å²) in [6.45, 7) is 11.0. The lowest BCUT2D eigenvalue weighted by molar-refractivity contribution is -0.137. The molecule has 0 aliphatic carbocycles. The summed E-state index contributed by atoms with van der Waals surface area (Å²) in [6, 6.07) is 12.4. The van der Waals surface area contributed by atoms with E-state index in [0.29, 0.717) is 24.5 Å². The van der Waals surface area contributed by atoms with Crippen molar-refractivity contribution in [3.8, 4) is 5.75 Å². The first kappa shape index (κ1) is 24.8. The standard InChI is InChI=1S/C23H30BF3O4Si/c1-21(2)15-29-24(30-16-21)22(31-32(4,5)6,18-11-13-20(28-3)14-12-18)17-7-9-19(10-8-17)23(25,26)27/h7-14H,15-16H2,1-6H3. The van der Waals surface area contributed by atoms with Gasteiger partial charge in [-0.25, -0.2) is 0 Å². The molecule has 1 heterocycles. The smallest absolute Gasteiger partial charge is 0.497 e. The summed E-state index contributed by atoms with van der Waals surface area (Å²) >= 11 is 0. The van der Waals surface area contributed by atoms with Crippen molar-refractivity contribution in [3.63, 3.8) is 0 Å². The molecule has 0 spiro atoms. The van der Waals surface area contributed by atoms with Gasteiger partial charge in [-0.15, -0.1) is 0 Å². The van der Waals surface area contributed by atoms with E-state index in [0.717, 1.165) is 17.7 Å². The first-order valence-electron chi connectivity index (χ1n) is 10.5. The zero-order chi connectivity index (χ0) is 23.8. The molecule has 4 nitrogen and oxygen atoms in total. The van der Waals surface area contributed by atoms with Crippen LogP contribution in [0.25, 0.3) is 0 Å². The van der Waals surface area contributed by atoms with Gasteiger partial charge in [0, 0.05) is 18.6 Å². The van der Waals surface area contributed by atoms with Crippen molar-refractivity contribution in [1.82, 2.24) is 0 Å². The van der Waals surface area contributed by atoms with E-state index in [1.807, 2.05) is 45.6 Å². The van der Waals surface area contributed by atoms with Gasteiger partial charge in [0.25, 0.3) is 0 Å². The summed E-state index contributed by atoms with van der Waals surface area (Å²) in [6.07, 6.45) is -4.43. The van der Waals surface area contributed by atoms with Crippen LogP contribution >= 0.6 is 0 Å². The van der Waals surface area contributed by atoms with Crippen LogP contribution in [0, 0.1) is 5.41 Å². The van der Waals surface area contributed by atoms with Crippen LogP contribution in [0.4, 0.5) is 13.2 Å². The van der Waals surface area contributed by atoms with Gasteiger partial charge in [-0.05, 0) is 55.0 Å².